The third-order valence-corrected chi connectivity index (χ3v) is 11.2. The highest BCUT2D eigenvalue weighted by molar-refractivity contribution is 8.00. The lowest BCUT2D eigenvalue weighted by atomic mass is 9.45. The monoisotopic (exact) mass is 568 g/mol. The number of nitrogens with one attached hydrogen (secondary N) is 2. The predicted octanol–water partition coefficient (Wildman–Crippen LogP) is 1.03. The summed E-state index contributed by atoms with van der Waals surface area (Å²) in [4.78, 5) is 42.5. The lowest BCUT2D eigenvalue weighted by Gasteiger charge is -2.66. The molecular weight excluding hydrogens is 527 g/mol. The summed E-state index contributed by atoms with van der Waals surface area (Å²) in [5.41, 5.74) is -8.82. The molecule has 2 aliphatic heterocycles. The number of ether oxygens (including phenoxy) is 1. The zero-order valence-corrected chi connectivity index (χ0v) is 23.7. The van der Waals surface area contributed by atoms with E-state index in [2.05, 4.69) is 10.6 Å². The summed E-state index contributed by atoms with van der Waals surface area (Å²) >= 11 is 1.80. The van der Waals surface area contributed by atoms with Gasteiger partial charge in [-0.3, -0.25) is 9.32 Å². The second-order valence-corrected chi connectivity index (χ2v) is 14.3. The van der Waals surface area contributed by atoms with Gasteiger partial charge in [-0.15, -0.1) is 0 Å². The summed E-state index contributed by atoms with van der Waals surface area (Å²) in [6.07, 6.45) is 2.30. The van der Waals surface area contributed by atoms with Gasteiger partial charge in [0.05, 0.1) is 25.3 Å². The number of carbonyl (C=O) groups is 2. The molecule has 0 bridgehead atoms. The minimum atomic E-state index is -4.88. The van der Waals surface area contributed by atoms with Crippen LogP contribution in [0, 0.1) is 10.8 Å². The van der Waals surface area contributed by atoms with Gasteiger partial charge >= 0.3 is 19.8 Å². The fourth-order valence-electron chi connectivity index (χ4n) is 6.03. The van der Waals surface area contributed by atoms with Crippen molar-refractivity contribution in [2.24, 2.45) is 10.8 Å². The maximum Gasteiger partial charge on any atom is 0.469 e. The van der Waals surface area contributed by atoms with Crippen molar-refractivity contribution in [3.05, 3.63) is 0 Å². The molecule has 14 heteroatoms. The van der Waals surface area contributed by atoms with Crippen molar-refractivity contribution < 1.29 is 48.5 Å². The lowest BCUT2D eigenvalue weighted by molar-refractivity contribution is -0.339. The van der Waals surface area contributed by atoms with Crippen molar-refractivity contribution in [1.82, 2.24) is 10.6 Å². The zero-order chi connectivity index (χ0) is 28.1. The van der Waals surface area contributed by atoms with E-state index in [0.29, 0.717) is 11.7 Å². The van der Waals surface area contributed by atoms with Crippen LogP contribution in [0.4, 0.5) is 4.79 Å². The molecule has 2 saturated heterocycles. The number of aliphatic hydroxyl groups is 3. The number of amides is 2. The van der Waals surface area contributed by atoms with E-state index >= 15 is 0 Å². The Morgan fingerprint density at radius 2 is 1.59 bits per heavy atom. The molecule has 1 aliphatic carbocycles. The average Bonchev–Trinajstić information content (AvgIpc) is 3.31. The second-order valence-electron chi connectivity index (χ2n) is 11.8. The summed E-state index contributed by atoms with van der Waals surface area (Å²) in [5, 5.41) is 40.2. The molecule has 3 fully saturated rings. The predicted molar refractivity (Wildman–Crippen MR) is 136 cm³/mol. The smallest absolute Gasteiger partial charge is 0.465 e. The van der Waals surface area contributed by atoms with E-state index in [-0.39, 0.29) is 37.6 Å². The normalized spacial score (nSPS) is 43.7. The van der Waals surface area contributed by atoms with Crippen LogP contribution >= 0.6 is 19.6 Å². The summed E-state index contributed by atoms with van der Waals surface area (Å²) in [7, 11) is -4.88. The van der Waals surface area contributed by atoms with Gasteiger partial charge in [-0.25, -0.2) is 9.36 Å². The van der Waals surface area contributed by atoms with Crippen LogP contribution in [0.25, 0.3) is 0 Å². The maximum absolute atomic E-state index is 12.6. The van der Waals surface area contributed by atoms with Crippen LogP contribution < -0.4 is 10.6 Å². The minimum Gasteiger partial charge on any atom is -0.465 e. The molecule has 12 nitrogen and oxygen atoms in total. The number of hydrogen-bond donors (Lipinski definition) is 7. The molecule has 0 aromatic rings. The third-order valence-electron chi connectivity index (χ3n) is 9.19. The largest absolute Gasteiger partial charge is 0.469 e. The van der Waals surface area contributed by atoms with Gasteiger partial charge in [0.25, 0.3) is 0 Å². The van der Waals surface area contributed by atoms with E-state index in [1.54, 1.807) is 18.7 Å². The van der Waals surface area contributed by atoms with E-state index in [1.807, 2.05) is 0 Å². The van der Waals surface area contributed by atoms with Crippen molar-refractivity contribution in [3.8, 4) is 0 Å². The van der Waals surface area contributed by atoms with E-state index in [1.165, 1.54) is 27.7 Å². The van der Waals surface area contributed by atoms with Crippen LogP contribution in [0.5, 0.6) is 0 Å². The van der Waals surface area contributed by atoms with E-state index in [4.69, 9.17) is 9.26 Å². The molecular formula is C23H41N2O10PS. The van der Waals surface area contributed by atoms with Gasteiger partial charge in [0.2, 0.25) is 0 Å². The highest BCUT2D eigenvalue weighted by Crippen LogP contribution is 2.61. The van der Waals surface area contributed by atoms with Crippen LogP contribution in [0.2, 0.25) is 0 Å². The standard InChI is InChI=1S/C23H41N2O10PS/c1-19(11-20(2,13-35-36(31,32)33)22(4,29)23(5,30)21(19,3)28)12-34-16(26)9-7-6-8-15-17-14(10-37-15)24-18(27)25-17/h14-15,17,28-30H,6-13H2,1-5H3,(H2,24,25,27)(H2,31,32,33)/t14-,15?,17-,19+,20?,21?,22+,23-/m0/s1. The number of phosphoric ester groups is 1. The molecule has 8 atom stereocenters. The molecule has 7 N–H and O–H groups in total. The number of phosphoric acid groups is 1. The molecule has 2 heterocycles. The Kier molecular flexibility index (Phi) is 8.47. The molecule has 37 heavy (non-hydrogen) atoms. The van der Waals surface area contributed by atoms with Gasteiger partial charge in [0.15, 0.2) is 0 Å². The fraction of sp³-hybridized carbons (Fsp3) is 0.913. The van der Waals surface area contributed by atoms with Gasteiger partial charge < -0.3 is 40.5 Å². The van der Waals surface area contributed by atoms with Crippen molar-refractivity contribution >= 4 is 31.6 Å². The third kappa shape index (κ3) is 5.70. The number of rotatable bonds is 10. The maximum atomic E-state index is 12.6. The van der Waals surface area contributed by atoms with Crippen LogP contribution in [-0.4, -0.2) is 90.2 Å². The number of carbonyl (C=O) groups excluding carboxylic acids is 2. The number of esters is 1. The van der Waals surface area contributed by atoms with Crippen molar-refractivity contribution in [1.29, 1.82) is 0 Å². The van der Waals surface area contributed by atoms with Crippen LogP contribution in [-0.2, 0) is 18.6 Å². The molecule has 2 amide bonds. The first-order chi connectivity index (χ1) is 16.8. The zero-order valence-electron chi connectivity index (χ0n) is 22.0. The van der Waals surface area contributed by atoms with E-state index < -0.39 is 48.0 Å². The molecule has 3 rings (SSSR count). The molecule has 3 aliphatic rings. The lowest BCUT2D eigenvalue weighted by Crippen LogP contribution is -2.79. The average molecular weight is 569 g/mol. The fourth-order valence-corrected chi connectivity index (χ4v) is 8.03. The van der Waals surface area contributed by atoms with E-state index in [0.717, 1.165) is 18.6 Å². The number of unbranched alkanes of at least 4 members (excludes halogenated alkanes) is 1. The Morgan fingerprint density at radius 3 is 2.19 bits per heavy atom. The quantitative estimate of drug-likeness (QED) is 0.0861. The molecule has 3 unspecified atom stereocenters. The van der Waals surface area contributed by atoms with Gasteiger partial charge in [-0.2, -0.15) is 11.8 Å². The summed E-state index contributed by atoms with van der Waals surface area (Å²) in [6, 6.07) is 0.111. The number of fused-ring (bicyclic) bond motifs is 1. The number of hydrogen-bond acceptors (Lipinski definition) is 9. The SMILES string of the molecule is CC1(O)[C@@](C)(COC(=O)CCCCC2SC[C@@H]3NC(=O)N[C@H]23)CC(C)(COP(=O)(O)O)[C@@](C)(O)[C@@]1(C)O. The molecule has 214 valence electrons. The topological polar surface area (TPSA) is 195 Å². The Labute approximate surface area is 221 Å². The Balaban J connectivity index is 1.58. The van der Waals surface area contributed by atoms with E-state index in [9.17, 15) is 39.3 Å². The van der Waals surface area contributed by atoms with Gasteiger partial charge in [-0.05, 0) is 40.0 Å². The first kappa shape index (κ1) is 30.6. The van der Waals surface area contributed by atoms with Gasteiger partial charge in [0.1, 0.15) is 16.8 Å². The van der Waals surface area contributed by atoms with Gasteiger partial charge in [0, 0.05) is 28.3 Å². The van der Waals surface area contributed by atoms with Crippen LogP contribution in [0.15, 0.2) is 0 Å². The van der Waals surface area contributed by atoms with Crippen molar-refractivity contribution in [3.63, 3.8) is 0 Å². The van der Waals surface area contributed by atoms with Crippen LogP contribution in [0.3, 0.4) is 0 Å². The summed E-state index contributed by atoms with van der Waals surface area (Å²) < 4.78 is 21.6. The summed E-state index contributed by atoms with van der Waals surface area (Å²) in [6.45, 7) is 6.09. The molecule has 0 radical (unpaired) electrons. The molecule has 0 aromatic carbocycles. The Bertz CT molecular complexity index is 940. The highest BCUT2D eigenvalue weighted by Gasteiger charge is 2.72. The second kappa shape index (κ2) is 10.2. The molecule has 0 aromatic heterocycles. The Hall–Kier alpha value is -0.920. The van der Waals surface area contributed by atoms with Gasteiger partial charge in [-0.1, -0.05) is 20.3 Å². The molecule has 1 saturated carbocycles. The minimum absolute atomic E-state index is 0.0648. The Morgan fingerprint density at radius 1 is 1.00 bits per heavy atom. The van der Waals surface area contributed by atoms with Crippen molar-refractivity contribution in [2.75, 3.05) is 19.0 Å². The summed E-state index contributed by atoms with van der Waals surface area (Å²) in [5.74, 6) is 0.388. The number of thioether (sulfide) groups is 1. The molecule has 0 spiro atoms. The highest BCUT2D eigenvalue weighted by atomic mass is 32.2. The van der Waals surface area contributed by atoms with Crippen molar-refractivity contribution in [2.45, 2.75) is 101 Å². The van der Waals surface area contributed by atoms with Crippen LogP contribution in [0.1, 0.15) is 66.7 Å². The first-order valence-corrected chi connectivity index (χ1v) is 15.1. The number of urea groups is 1. The first-order valence-electron chi connectivity index (χ1n) is 12.5.